The summed E-state index contributed by atoms with van der Waals surface area (Å²) in [5.74, 6) is -0.892. The van der Waals surface area contributed by atoms with E-state index >= 15 is 0 Å². The van der Waals surface area contributed by atoms with Crippen molar-refractivity contribution in [2.24, 2.45) is 0 Å². The van der Waals surface area contributed by atoms with Crippen LogP contribution in [0.15, 0.2) is 22.3 Å². The number of ether oxygens (including phenoxy) is 3. The van der Waals surface area contributed by atoms with Crippen LogP contribution in [0.1, 0.15) is 75.6 Å². The molecule has 32 heavy (non-hydrogen) atoms. The lowest BCUT2D eigenvalue weighted by molar-refractivity contribution is -0.147. The predicted molar refractivity (Wildman–Crippen MR) is 118 cm³/mol. The lowest BCUT2D eigenvalue weighted by Gasteiger charge is -2.33. The van der Waals surface area contributed by atoms with E-state index in [1.807, 2.05) is 13.8 Å². The third-order valence-corrected chi connectivity index (χ3v) is 6.02. The number of hydrogen-bond acceptors (Lipinski definition) is 7. The highest BCUT2D eigenvalue weighted by Crippen LogP contribution is 2.47. The van der Waals surface area contributed by atoms with Crippen molar-refractivity contribution in [3.05, 3.63) is 40.2 Å². The highest BCUT2D eigenvalue weighted by atomic mass is 16.5. The van der Waals surface area contributed by atoms with Gasteiger partial charge in [-0.1, -0.05) is 19.9 Å². The standard InChI is InChI=1S/C25H30O7/c1-7-13(3)25(28)30-12-18-21-14(4)11-29-24(21)23(32-20(27)8-2)17-9-10-19(31-16(6)26)15(5)22(17)18/h7,11,15,19H,8-10,12H2,1-6H3/b13-7-/t15-,19-/m0/s1. The van der Waals surface area contributed by atoms with Gasteiger partial charge in [-0.15, -0.1) is 0 Å². The lowest BCUT2D eigenvalue weighted by Crippen LogP contribution is -2.30. The Morgan fingerprint density at radius 3 is 2.59 bits per heavy atom. The van der Waals surface area contributed by atoms with Crippen LogP contribution in [-0.2, 0) is 36.9 Å². The Bertz CT molecular complexity index is 1090. The molecule has 3 rings (SSSR count). The van der Waals surface area contributed by atoms with E-state index in [1.165, 1.54) is 6.92 Å². The maximum absolute atomic E-state index is 12.4. The van der Waals surface area contributed by atoms with Gasteiger partial charge in [0, 0.05) is 41.3 Å². The number of furan rings is 1. The first kappa shape index (κ1) is 23.6. The molecule has 0 N–H and O–H groups in total. The number of esters is 3. The predicted octanol–water partition coefficient (Wildman–Crippen LogP) is 5.05. The second-order valence-corrected chi connectivity index (χ2v) is 8.17. The summed E-state index contributed by atoms with van der Waals surface area (Å²) in [5, 5.41) is 0.754. The minimum Gasteiger partial charge on any atom is -0.462 e. The first-order valence-electron chi connectivity index (χ1n) is 10.9. The molecule has 1 aromatic carbocycles. The van der Waals surface area contributed by atoms with E-state index in [1.54, 1.807) is 33.1 Å². The molecule has 0 radical (unpaired) electrons. The molecule has 0 saturated carbocycles. The van der Waals surface area contributed by atoms with Crippen LogP contribution >= 0.6 is 0 Å². The van der Waals surface area contributed by atoms with E-state index in [9.17, 15) is 14.4 Å². The zero-order valence-electron chi connectivity index (χ0n) is 19.5. The quantitative estimate of drug-likeness (QED) is 0.351. The van der Waals surface area contributed by atoms with Gasteiger partial charge in [0.1, 0.15) is 12.7 Å². The van der Waals surface area contributed by atoms with E-state index in [2.05, 4.69) is 0 Å². The second kappa shape index (κ2) is 9.59. The summed E-state index contributed by atoms with van der Waals surface area (Å²) >= 11 is 0. The van der Waals surface area contributed by atoms with Crippen molar-refractivity contribution in [2.75, 3.05) is 0 Å². The van der Waals surface area contributed by atoms with Gasteiger partial charge in [0.25, 0.3) is 0 Å². The van der Waals surface area contributed by atoms with Crippen molar-refractivity contribution in [1.29, 1.82) is 0 Å². The molecule has 0 unspecified atom stereocenters. The fourth-order valence-electron chi connectivity index (χ4n) is 4.27. The molecule has 2 atom stereocenters. The molecule has 172 valence electrons. The normalized spacial score (nSPS) is 18.2. The van der Waals surface area contributed by atoms with Crippen molar-refractivity contribution in [2.45, 2.75) is 79.4 Å². The van der Waals surface area contributed by atoms with Crippen LogP contribution in [0.4, 0.5) is 0 Å². The largest absolute Gasteiger partial charge is 0.462 e. The summed E-state index contributed by atoms with van der Waals surface area (Å²) in [6.45, 7) is 10.5. The van der Waals surface area contributed by atoms with Gasteiger partial charge in [-0.25, -0.2) is 4.79 Å². The van der Waals surface area contributed by atoms with Crippen LogP contribution in [0.2, 0.25) is 0 Å². The molecule has 7 heteroatoms. The van der Waals surface area contributed by atoms with Gasteiger partial charge in [-0.05, 0) is 44.7 Å². The number of hydrogen-bond donors (Lipinski definition) is 0. The molecule has 0 fully saturated rings. The average molecular weight is 443 g/mol. The Balaban J connectivity index is 2.21. The zero-order valence-corrected chi connectivity index (χ0v) is 19.5. The van der Waals surface area contributed by atoms with Crippen LogP contribution in [0, 0.1) is 6.92 Å². The molecule has 2 aromatic rings. The molecule has 0 spiro atoms. The molecule has 0 amide bonds. The van der Waals surface area contributed by atoms with E-state index in [0.29, 0.717) is 29.7 Å². The van der Waals surface area contributed by atoms with Crippen LogP contribution in [-0.4, -0.2) is 24.0 Å². The molecule has 1 heterocycles. The molecule has 1 aromatic heterocycles. The van der Waals surface area contributed by atoms with Gasteiger partial charge in [0.15, 0.2) is 11.3 Å². The van der Waals surface area contributed by atoms with Gasteiger partial charge in [-0.3, -0.25) is 9.59 Å². The molecule has 7 nitrogen and oxygen atoms in total. The Morgan fingerprint density at radius 2 is 1.97 bits per heavy atom. The van der Waals surface area contributed by atoms with Crippen LogP contribution in [0.3, 0.4) is 0 Å². The Hall–Kier alpha value is -3.09. The summed E-state index contributed by atoms with van der Waals surface area (Å²) in [4.78, 5) is 36.2. The Labute approximate surface area is 187 Å². The maximum Gasteiger partial charge on any atom is 0.333 e. The molecule has 1 aliphatic carbocycles. The number of carbonyl (C=O) groups is 3. The van der Waals surface area contributed by atoms with Crippen LogP contribution in [0.25, 0.3) is 11.0 Å². The molecular formula is C25H30O7. The highest BCUT2D eigenvalue weighted by molar-refractivity contribution is 5.94. The average Bonchev–Trinajstić information content (AvgIpc) is 3.15. The fraction of sp³-hybridized carbons (Fsp3) is 0.480. The van der Waals surface area contributed by atoms with Gasteiger partial charge in [0.2, 0.25) is 0 Å². The number of fused-ring (bicyclic) bond motifs is 2. The number of aryl methyl sites for hydroxylation is 1. The zero-order chi connectivity index (χ0) is 23.6. The van der Waals surface area contributed by atoms with Gasteiger partial charge in [-0.2, -0.15) is 0 Å². The van der Waals surface area contributed by atoms with Gasteiger partial charge in [0.05, 0.1) is 6.26 Å². The SMILES string of the molecule is C/C=C(/C)C(=O)OCc1c2c(c(OC(=O)CC)c3occ(C)c13)CC[C@H](OC(C)=O)[C@@H]2C. The minimum atomic E-state index is -0.406. The van der Waals surface area contributed by atoms with Crippen molar-refractivity contribution in [3.63, 3.8) is 0 Å². The molecule has 0 saturated heterocycles. The fourth-order valence-corrected chi connectivity index (χ4v) is 4.27. The number of benzene rings is 1. The first-order valence-corrected chi connectivity index (χ1v) is 10.9. The summed E-state index contributed by atoms with van der Waals surface area (Å²) in [6.07, 6.45) is 4.33. The van der Waals surface area contributed by atoms with Gasteiger partial charge < -0.3 is 18.6 Å². The number of allylic oxidation sites excluding steroid dienone is 1. The van der Waals surface area contributed by atoms with Crippen molar-refractivity contribution < 1.29 is 33.0 Å². The van der Waals surface area contributed by atoms with E-state index in [-0.39, 0.29) is 37.0 Å². The summed E-state index contributed by atoms with van der Waals surface area (Å²) in [6, 6.07) is 0. The lowest BCUT2D eigenvalue weighted by atomic mass is 9.77. The molecule has 0 bridgehead atoms. The Kier molecular flexibility index (Phi) is 7.06. The minimum absolute atomic E-state index is 0.0301. The van der Waals surface area contributed by atoms with Crippen molar-refractivity contribution in [3.8, 4) is 5.75 Å². The van der Waals surface area contributed by atoms with E-state index < -0.39 is 5.97 Å². The van der Waals surface area contributed by atoms with E-state index in [0.717, 1.165) is 27.6 Å². The van der Waals surface area contributed by atoms with Crippen molar-refractivity contribution >= 4 is 28.9 Å². The summed E-state index contributed by atoms with van der Waals surface area (Å²) < 4.78 is 22.7. The summed E-state index contributed by atoms with van der Waals surface area (Å²) in [5.41, 5.74) is 4.32. The van der Waals surface area contributed by atoms with E-state index in [4.69, 9.17) is 18.6 Å². The Morgan fingerprint density at radius 1 is 1.25 bits per heavy atom. The van der Waals surface area contributed by atoms with Crippen molar-refractivity contribution in [1.82, 2.24) is 0 Å². The third kappa shape index (κ3) is 4.42. The highest BCUT2D eigenvalue weighted by Gasteiger charge is 2.36. The third-order valence-electron chi connectivity index (χ3n) is 6.02. The smallest absolute Gasteiger partial charge is 0.333 e. The summed E-state index contributed by atoms with van der Waals surface area (Å²) in [7, 11) is 0. The van der Waals surface area contributed by atoms with Gasteiger partial charge >= 0.3 is 17.9 Å². The second-order valence-electron chi connectivity index (χ2n) is 8.17. The number of rotatable bonds is 6. The van der Waals surface area contributed by atoms with Crippen LogP contribution in [0.5, 0.6) is 5.75 Å². The monoisotopic (exact) mass is 442 g/mol. The topological polar surface area (TPSA) is 92.0 Å². The first-order chi connectivity index (χ1) is 15.2. The number of carbonyl (C=O) groups excluding carboxylic acids is 3. The molecular weight excluding hydrogens is 412 g/mol. The van der Waals surface area contributed by atoms with Crippen LogP contribution < -0.4 is 4.74 Å². The maximum atomic E-state index is 12.4. The molecule has 1 aliphatic rings. The molecule has 0 aliphatic heterocycles.